The summed E-state index contributed by atoms with van der Waals surface area (Å²) in [6.07, 6.45) is 6.73. The van der Waals surface area contributed by atoms with Crippen LogP contribution in [0.2, 0.25) is 0 Å². The number of aromatic nitrogens is 3. The van der Waals surface area contributed by atoms with Crippen molar-refractivity contribution in [3.05, 3.63) is 30.1 Å². The zero-order valence-electron chi connectivity index (χ0n) is 16.4. The van der Waals surface area contributed by atoms with Gasteiger partial charge in [-0.3, -0.25) is 9.36 Å². The first-order valence-electron chi connectivity index (χ1n) is 10.2. The number of benzene rings is 1. The van der Waals surface area contributed by atoms with Crippen LogP contribution in [0.1, 0.15) is 58.4 Å². The van der Waals surface area contributed by atoms with Gasteiger partial charge in [0.25, 0.3) is 0 Å². The van der Waals surface area contributed by atoms with Gasteiger partial charge in [0.05, 0.1) is 10.8 Å². The number of nitrogens with zero attached hydrogens (tertiary/aromatic N) is 3. The Morgan fingerprint density at radius 3 is 2.68 bits per heavy atom. The molecule has 0 aliphatic heterocycles. The first-order chi connectivity index (χ1) is 13.5. The van der Waals surface area contributed by atoms with Crippen molar-refractivity contribution in [1.82, 2.24) is 20.1 Å². The zero-order valence-corrected chi connectivity index (χ0v) is 17.2. The standard InChI is InChI=1S/C21H27FN4OS/c1-13-7-3-6-10-18(13)23-20(27)14(2)28-21-25-24-19(26(21)15-11-12-15)16-8-4-5-9-17(16)22/h4-5,8-9,13-15,18H,3,6-7,10-12H2,1-2H3,(H,23,27)/t13-,14+,18+/m1/s1. The van der Waals surface area contributed by atoms with E-state index >= 15 is 0 Å². The monoisotopic (exact) mass is 402 g/mol. The molecule has 1 heterocycles. The van der Waals surface area contributed by atoms with E-state index in [1.165, 1.54) is 37.1 Å². The molecule has 1 aromatic carbocycles. The van der Waals surface area contributed by atoms with Crippen molar-refractivity contribution in [3.63, 3.8) is 0 Å². The van der Waals surface area contributed by atoms with Crippen LogP contribution in [0.5, 0.6) is 0 Å². The molecule has 2 aliphatic rings. The molecule has 1 amide bonds. The Labute approximate surface area is 169 Å². The molecule has 3 atom stereocenters. The zero-order chi connectivity index (χ0) is 19.7. The summed E-state index contributed by atoms with van der Waals surface area (Å²) in [5.74, 6) is 0.821. The maximum atomic E-state index is 14.3. The average Bonchev–Trinajstić information content (AvgIpc) is 3.44. The summed E-state index contributed by atoms with van der Waals surface area (Å²) in [7, 11) is 0. The first kappa shape index (κ1) is 19.4. The van der Waals surface area contributed by atoms with Crippen molar-refractivity contribution < 1.29 is 9.18 Å². The number of halogens is 1. The molecule has 2 aliphatic carbocycles. The van der Waals surface area contributed by atoms with Gasteiger partial charge in [-0.1, -0.05) is 43.7 Å². The molecule has 28 heavy (non-hydrogen) atoms. The molecule has 5 nitrogen and oxygen atoms in total. The van der Waals surface area contributed by atoms with Crippen LogP contribution >= 0.6 is 11.8 Å². The highest BCUT2D eigenvalue weighted by Crippen LogP contribution is 2.42. The Kier molecular flexibility index (Phi) is 5.71. The van der Waals surface area contributed by atoms with Gasteiger partial charge in [-0.25, -0.2) is 4.39 Å². The topological polar surface area (TPSA) is 59.8 Å². The number of rotatable bonds is 6. The van der Waals surface area contributed by atoms with Crippen molar-refractivity contribution in [1.29, 1.82) is 0 Å². The summed E-state index contributed by atoms with van der Waals surface area (Å²) in [6.45, 7) is 4.12. The lowest BCUT2D eigenvalue weighted by molar-refractivity contribution is -0.121. The Morgan fingerprint density at radius 1 is 1.21 bits per heavy atom. The number of carbonyl (C=O) groups is 1. The van der Waals surface area contributed by atoms with E-state index < -0.39 is 0 Å². The van der Waals surface area contributed by atoms with Crippen LogP contribution < -0.4 is 5.32 Å². The summed E-state index contributed by atoms with van der Waals surface area (Å²) in [5, 5.41) is 12.2. The largest absolute Gasteiger partial charge is 0.352 e. The van der Waals surface area contributed by atoms with Crippen molar-refractivity contribution in [2.24, 2.45) is 5.92 Å². The van der Waals surface area contributed by atoms with Gasteiger partial charge in [-0.15, -0.1) is 10.2 Å². The molecule has 0 unspecified atom stereocenters. The number of carbonyl (C=O) groups excluding carboxylic acids is 1. The lowest BCUT2D eigenvalue weighted by Gasteiger charge is -2.30. The maximum Gasteiger partial charge on any atom is 0.233 e. The van der Waals surface area contributed by atoms with Crippen LogP contribution in [-0.2, 0) is 4.79 Å². The second kappa shape index (κ2) is 8.23. The fourth-order valence-corrected chi connectivity index (χ4v) is 4.82. The molecule has 150 valence electrons. The molecular formula is C21H27FN4OS. The third-order valence-electron chi connectivity index (χ3n) is 5.78. The van der Waals surface area contributed by atoms with E-state index in [9.17, 15) is 9.18 Å². The Bertz CT molecular complexity index is 851. The highest BCUT2D eigenvalue weighted by atomic mass is 32.2. The highest BCUT2D eigenvalue weighted by Gasteiger charge is 2.33. The molecule has 0 bridgehead atoms. The minimum Gasteiger partial charge on any atom is -0.352 e. The van der Waals surface area contributed by atoms with Crippen LogP contribution in [-0.4, -0.2) is 32.0 Å². The minimum absolute atomic E-state index is 0.0431. The lowest BCUT2D eigenvalue weighted by atomic mass is 9.86. The number of nitrogens with one attached hydrogen (secondary N) is 1. The SMILES string of the molecule is C[C@H](Sc1nnc(-c2ccccc2F)n1C1CC1)C(=O)N[C@H]1CCCC[C@H]1C. The van der Waals surface area contributed by atoms with Crippen LogP contribution in [0.15, 0.2) is 29.4 Å². The molecule has 0 radical (unpaired) electrons. The molecule has 2 aromatic rings. The number of hydrogen-bond acceptors (Lipinski definition) is 4. The Balaban J connectivity index is 1.50. The second-order valence-corrected chi connectivity index (χ2v) is 9.33. The molecular weight excluding hydrogens is 375 g/mol. The van der Waals surface area contributed by atoms with E-state index in [1.54, 1.807) is 18.2 Å². The van der Waals surface area contributed by atoms with Crippen molar-refractivity contribution in [2.75, 3.05) is 0 Å². The van der Waals surface area contributed by atoms with Crippen LogP contribution in [0, 0.1) is 11.7 Å². The molecule has 2 saturated carbocycles. The van der Waals surface area contributed by atoms with E-state index in [-0.39, 0.29) is 23.0 Å². The van der Waals surface area contributed by atoms with Gasteiger partial charge in [0.2, 0.25) is 5.91 Å². The van der Waals surface area contributed by atoms with Crippen LogP contribution in [0.3, 0.4) is 0 Å². The van der Waals surface area contributed by atoms with Crippen LogP contribution in [0.4, 0.5) is 4.39 Å². The average molecular weight is 403 g/mol. The molecule has 7 heteroatoms. The molecule has 0 saturated heterocycles. The minimum atomic E-state index is -0.301. The maximum absolute atomic E-state index is 14.3. The fraction of sp³-hybridized carbons (Fsp3) is 0.571. The molecule has 1 aromatic heterocycles. The third kappa shape index (κ3) is 4.09. The third-order valence-corrected chi connectivity index (χ3v) is 6.84. The van der Waals surface area contributed by atoms with E-state index in [2.05, 4.69) is 22.4 Å². The van der Waals surface area contributed by atoms with Crippen LogP contribution in [0.25, 0.3) is 11.4 Å². The predicted molar refractivity (Wildman–Crippen MR) is 109 cm³/mol. The van der Waals surface area contributed by atoms with Gasteiger partial charge in [-0.2, -0.15) is 0 Å². The van der Waals surface area contributed by atoms with E-state index in [4.69, 9.17) is 0 Å². The summed E-state index contributed by atoms with van der Waals surface area (Å²) in [6, 6.07) is 7.20. The van der Waals surface area contributed by atoms with Crippen molar-refractivity contribution >= 4 is 17.7 Å². The summed E-state index contributed by atoms with van der Waals surface area (Å²) in [4.78, 5) is 12.7. The lowest BCUT2D eigenvalue weighted by Crippen LogP contribution is -2.44. The highest BCUT2D eigenvalue weighted by molar-refractivity contribution is 8.00. The van der Waals surface area contributed by atoms with Gasteiger partial charge < -0.3 is 5.32 Å². The molecule has 4 rings (SSSR count). The summed E-state index contributed by atoms with van der Waals surface area (Å²) in [5.41, 5.74) is 0.460. The van der Waals surface area contributed by atoms with E-state index in [0.29, 0.717) is 28.5 Å². The first-order valence-corrected chi connectivity index (χ1v) is 11.1. The van der Waals surface area contributed by atoms with Gasteiger partial charge in [-0.05, 0) is 50.7 Å². The van der Waals surface area contributed by atoms with Gasteiger partial charge in [0, 0.05) is 12.1 Å². The summed E-state index contributed by atoms with van der Waals surface area (Å²) < 4.78 is 16.3. The molecule has 0 spiro atoms. The van der Waals surface area contributed by atoms with E-state index in [0.717, 1.165) is 19.3 Å². The number of amides is 1. The van der Waals surface area contributed by atoms with Gasteiger partial charge in [0.1, 0.15) is 5.82 Å². The second-order valence-electron chi connectivity index (χ2n) is 8.02. The number of hydrogen-bond donors (Lipinski definition) is 1. The Morgan fingerprint density at radius 2 is 1.96 bits per heavy atom. The fourth-order valence-electron chi connectivity index (χ4n) is 3.89. The van der Waals surface area contributed by atoms with E-state index in [1.807, 2.05) is 11.5 Å². The smallest absolute Gasteiger partial charge is 0.233 e. The van der Waals surface area contributed by atoms with Crippen molar-refractivity contribution in [3.8, 4) is 11.4 Å². The van der Waals surface area contributed by atoms with Gasteiger partial charge in [0.15, 0.2) is 11.0 Å². The molecule has 2 fully saturated rings. The predicted octanol–water partition coefficient (Wildman–Crippen LogP) is 4.59. The quantitative estimate of drug-likeness (QED) is 0.718. The normalized spacial score (nSPS) is 23.4. The Hall–Kier alpha value is -1.89. The van der Waals surface area contributed by atoms with Gasteiger partial charge >= 0.3 is 0 Å². The molecule has 1 N–H and O–H groups in total. The summed E-state index contributed by atoms with van der Waals surface area (Å²) >= 11 is 1.41. The number of thioether (sulfide) groups is 1. The van der Waals surface area contributed by atoms with Crippen molar-refractivity contribution in [2.45, 2.75) is 74.9 Å².